The monoisotopic (exact) mass is 297 g/mol. The molecule has 0 rings (SSSR count). The Morgan fingerprint density at radius 1 is 1.35 bits per heavy atom. The Hall–Kier alpha value is -0.670. The summed E-state index contributed by atoms with van der Waals surface area (Å²) in [5, 5.41) is 12.7. The van der Waals surface area contributed by atoms with E-state index >= 15 is 0 Å². The minimum atomic E-state index is -0.400. The quantitative estimate of drug-likeness (QED) is 0.457. The van der Waals surface area contributed by atoms with Gasteiger partial charge in [-0.15, -0.1) is 18.3 Å². The predicted octanol–water partition coefficient (Wildman–Crippen LogP) is 4.62. The summed E-state index contributed by atoms with van der Waals surface area (Å²) < 4.78 is 0. The van der Waals surface area contributed by atoms with E-state index in [1.54, 1.807) is 11.8 Å². The molecule has 0 radical (unpaired) electrons. The van der Waals surface area contributed by atoms with E-state index in [-0.39, 0.29) is 0 Å². The molecule has 0 fully saturated rings. The van der Waals surface area contributed by atoms with Crippen LogP contribution in [0.3, 0.4) is 0 Å². The van der Waals surface area contributed by atoms with Gasteiger partial charge in [0.2, 0.25) is 0 Å². The Labute approximate surface area is 129 Å². The molecule has 0 bridgehead atoms. The number of hydrogen-bond donors (Lipinski definition) is 2. The van der Waals surface area contributed by atoms with E-state index in [1.165, 1.54) is 0 Å². The van der Waals surface area contributed by atoms with Gasteiger partial charge in [-0.05, 0) is 55.6 Å². The number of aliphatic hydroxyl groups is 1. The Morgan fingerprint density at radius 2 is 2.00 bits per heavy atom. The molecule has 116 valence electrons. The molecule has 0 heterocycles. The molecule has 2 unspecified atom stereocenters. The zero-order valence-corrected chi connectivity index (χ0v) is 14.2. The van der Waals surface area contributed by atoms with Gasteiger partial charge < -0.3 is 10.8 Å². The molecule has 0 aliphatic carbocycles. The maximum Gasteiger partial charge on any atom is 0.0751 e. The van der Waals surface area contributed by atoms with Gasteiger partial charge in [0, 0.05) is 10.9 Å². The maximum absolute atomic E-state index is 10.1. The molecule has 0 amide bonds. The van der Waals surface area contributed by atoms with E-state index in [4.69, 9.17) is 5.73 Å². The normalized spacial score (nSPS) is 17.6. The second kappa shape index (κ2) is 11.0. The van der Waals surface area contributed by atoms with Crippen molar-refractivity contribution < 1.29 is 5.11 Å². The maximum atomic E-state index is 10.1. The third-order valence-corrected chi connectivity index (χ3v) is 4.64. The lowest BCUT2D eigenvalue weighted by Crippen LogP contribution is -2.11. The van der Waals surface area contributed by atoms with E-state index in [0.29, 0.717) is 11.2 Å². The molecular formula is C17H31NOS. The third-order valence-electron chi connectivity index (χ3n) is 3.43. The summed E-state index contributed by atoms with van der Waals surface area (Å²) in [5.41, 5.74) is 7.63. The minimum absolute atomic E-state index is 0.400. The highest BCUT2D eigenvalue weighted by atomic mass is 32.2. The van der Waals surface area contributed by atoms with Crippen molar-refractivity contribution in [3.8, 4) is 0 Å². The zero-order chi connectivity index (χ0) is 15.5. The summed E-state index contributed by atoms with van der Waals surface area (Å²) in [7, 11) is 0. The fraction of sp³-hybridized carbons (Fsp3) is 0.647. The second-order valence-electron chi connectivity index (χ2n) is 5.58. The summed E-state index contributed by atoms with van der Waals surface area (Å²) in [6.07, 6.45) is 7.34. The van der Waals surface area contributed by atoms with Crippen LogP contribution < -0.4 is 5.73 Å². The Kier molecular flexibility index (Phi) is 10.7. The van der Waals surface area contributed by atoms with Gasteiger partial charge in [-0.2, -0.15) is 0 Å². The van der Waals surface area contributed by atoms with Crippen molar-refractivity contribution in [1.29, 1.82) is 0 Å². The highest BCUT2D eigenvalue weighted by Gasteiger charge is 2.09. The van der Waals surface area contributed by atoms with Crippen molar-refractivity contribution in [2.24, 2.45) is 11.7 Å². The number of hydrogen-bond acceptors (Lipinski definition) is 3. The smallest absolute Gasteiger partial charge is 0.0751 e. The van der Waals surface area contributed by atoms with E-state index in [2.05, 4.69) is 27.4 Å². The molecule has 3 heteroatoms. The summed E-state index contributed by atoms with van der Waals surface area (Å²) in [6, 6.07) is 0. The second-order valence-corrected chi connectivity index (χ2v) is 6.90. The standard InChI is InChI=1S/C17H31NOS/c1-6-8-13(3)9-10-17(19)14(4)11-16(18)12-20-15(5)7-2/h6,11-13,15,17,19H,1,7-10,18H2,2-5H3/b14-11+,16-12-/t13?,15?,17-/m0/s1. The summed E-state index contributed by atoms with van der Waals surface area (Å²) in [6.45, 7) is 12.2. The molecule has 0 aliphatic heterocycles. The van der Waals surface area contributed by atoms with Gasteiger partial charge in [-0.1, -0.05) is 26.8 Å². The van der Waals surface area contributed by atoms with Gasteiger partial charge in [0.1, 0.15) is 0 Å². The Balaban J connectivity index is 4.29. The summed E-state index contributed by atoms with van der Waals surface area (Å²) in [5.74, 6) is 0.573. The van der Waals surface area contributed by atoms with Crippen LogP contribution in [-0.2, 0) is 0 Å². The van der Waals surface area contributed by atoms with Crippen LogP contribution in [0.1, 0.15) is 53.4 Å². The van der Waals surface area contributed by atoms with E-state index in [9.17, 15) is 5.11 Å². The molecule has 0 spiro atoms. The van der Waals surface area contributed by atoms with Crippen molar-refractivity contribution in [3.63, 3.8) is 0 Å². The summed E-state index contributed by atoms with van der Waals surface area (Å²) in [4.78, 5) is 0. The molecule has 0 aliphatic rings. The molecule has 2 nitrogen and oxygen atoms in total. The Bertz CT molecular complexity index is 336. The largest absolute Gasteiger partial charge is 0.398 e. The molecule has 20 heavy (non-hydrogen) atoms. The van der Waals surface area contributed by atoms with Gasteiger partial charge >= 0.3 is 0 Å². The first-order valence-corrected chi connectivity index (χ1v) is 8.43. The van der Waals surface area contributed by atoms with E-state index < -0.39 is 6.10 Å². The van der Waals surface area contributed by atoms with Gasteiger partial charge in [-0.25, -0.2) is 0 Å². The lowest BCUT2D eigenvalue weighted by molar-refractivity contribution is 0.190. The third kappa shape index (κ3) is 9.27. The van der Waals surface area contributed by atoms with Gasteiger partial charge in [-0.3, -0.25) is 0 Å². The molecule has 0 aromatic heterocycles. The Morgan fingerprint density at radius 3 is 2.55 bits per heavy atom. The van der Waals surface area contributed by atoms with Gasteiger partial charge in [0.05, 0.1) is 6.10 Å². The minimum Gasteiger partial charge on any atom is -0.398 e. The SMILES string of the molecule is C=CCC(C)CC[C@H](O)/C(C)=C/C(N)=C/SC(C)CC. The molecule has 0 aromatic rings. The molecule has 0 saturated carbocycles. The predicted molar refractivity (Wildman–Crippen MR) is 92.6 cm³/mol. The van der Waals surface area contributed by atoms with E-state index in [0.717, 1.165) is 37.0 Å². The van der Waals surface area contributed by atoms with Crippen molar-refractivity contribution in [2.45, 2.75) is 64.7 Å². The first-order chi connectivity index (χ1) is 9.40. The van der Waals surface area contributed by atoms with Gasteiger partial charge in [0.15, 0.2) is 0 Å². The highest BCUT2D eigenvalue weighted by molar-refractivity contribution is 8.02. The number of thioether (sulfide) groups is 1. The van der Waals surface area contributed by atoms with Crippen LogP contribution >= 0.6 is 11.8 Å². The molecular weight excluding hydrogens is 266 g/mol. The van der Waals surface area contributed by atoms with Crippen molar-refractivity contribution in [3.05, 3.63) is 35.4 Å². The van der Waals surface area contributed by atoms with Crippen molar-refractivity contribution in [2.75, 3.05) is 0 Å². The average Bonchev–Trinajstić information content (AvgIpc) is 2.42. The fourth-order valence-electron chi connectivity index (χ4n) is 1.76. The first kappa shape index (κ1) is 19.3. The van der Waals surface area contributed by atoms with Crippen LogP contribution in [-0.4, -0.2) is 16.5 Å². The molecule has 3 N–H and O–H groups in total. The number of allylic oxidation sites excluding steroid dienone is 2. The first-order valence-electron chi connectivity index (χ1n) is 7.48. The van der Waals surface area contributed by atoms with Gasteiger partial charge in [0.25, 0.3) is 0 Å². The lowest BCUT2D eigenvalue weighted by Gasteiger charge is -2.14. The van der Waals surface area contributed by atoms with Crippen LogP contribution in [0.4, 0.5) is 0 Å². The summed E-state index contributed by atoms with van der Waals surface area (Å²) >= 11 is 1.74. The molecule has 0 saturated heterocycles. The van der Waals surface area contributed by atoms with E-state index in [1.807, 2.05) is 24.5 Å². The lowest BCUT2D eigenvalue weighted by atomic mass is 9.97. The average molecular weight is 298 g/mol. The van der Waals surface area contributed by atoms with Crippen molar-refractivity contribution in [1.82, 2.24) is 0 Å². The van der Waals surface area contributed by atoms with Crippen LogP contribution in [0.25, 0.3) is 0 Å². The van der Waals surface area contributed by atoms with Crippen molar-refractivity contribution >= 4 is 11.8 Å². The number of rotatable bonds is 10. The zero-order valence-electron chi connectivity index (χ0n) is 13.4. The fourth-order valence-corrected chi connectivity index (χ4v) is 2.41. The van der Waals surface area contributed by atoms with Crippen LogP contribution in [0.15, 0.2) is 35.4 Å². The topological polar surface area (TPSA) is 46.2 Å². The van der Waals surface area contributed by atoms with Crippen LogP contribution in [0.5, 0.6) is 0 Å². The number of nitrogens with two attached hydrogens (primary N) is 1. The molecule has 3 atom stereocenters. The molecule has 0 aromatic carbocycles. The van der Waals surface area contributed by atoms with Crippen LogP contribution in [0, 0.1) is 5.92 Å². The van der Waals surface area contributed by atoms with Crippen LogP contribution in [0.2, 0.25) is 0 Å². The number of aliphatic hydroxyl groups excluding tert-OH is 1. The highest BCUT2D eigenvalue weighted by Crippen LogP contribution is 2.19.